The molecule has 0 fully saturated rings. The Morgan fingerprint density at radius 3 is 2.60 bits per heavy atom. The number of nitro groups is 1. The van der Waals surface area contributed by atoms with Crippen molar-refractivity contribution >= 4 is 11.4 Å². The molecule has 0 saturated heterocycles. The number of hydrogen-bond donors (Lipinski definition) is 1. The molecule has 0 unspecified atom stereocenters. The van der Waals surface area contributed by atoms with E-state index in [1.165, 1.54) is 6.07 Å². The summed E-state index contributed by atoms with van der Waals surface area (Å²) in [6.45, 7) is 6.85. The van der Waals surface area contributed by atoms with E-state index in [1.54, 1.807) is 19.1 Å². The molecule has 0 bridgehead atoms. The van der Waals surface area contributed by atoms with Gasteiger partial charge < -0.3 is 5.32 Å². The van der Waals surface area contributed by atoms with Crippen LogP contribution in [0.5, 0.6) is 0 Å². The topological polar surface area (TPSA) is 55.2 Å². The fourth-order valence-electron chi connectivity index (χ4n) is 1.29. The summed E-state index contributed by atoms with van der Waals surface area (Å²) < 4.78 is 0. The number of nitrogens with one attached hydrogen (secondary N) is 1. The van der Waals surface area contributed by atoms with Gasteiger partial charge in [0, 0.05) is 23.9 Å². The van der Waals surface area contributed by atoms with Gasteiger partial charge in [0.15, 0.2) is 0 Å². The van der Waals surface area contributed by atoms with Gasteiger partial charge in [-0.15, -0.1) is 0 Å². The van der Waals surface area contributed by atoms with Crippen LogP contribution in [0.25, 0.3) is 0 Å². The molecule has 15 heavy (non-hydrogen) atoms. The molecule has 0 aliphatic carbocycles. The normalized spacial score (nSPS) is 10.4. The number of benzene rings is 1. The summed E-state index contributed by atoms with van der Waals surface area (Å²) in [5, 5.41) is 13.8. The maximum atomic E-state index is 10.6. The van der Waals surface area contributed by atoms with Gasteiger partial charge in [-0.3, -0.25) is 10.1 Å². The first-order chi connectivity index (χ1) is 7.00. The second-order valence-electron chi connectivity index (χ2n) is 4.03. The Hall–Kier alpha value is -1.58. The van der Waals surface area contributed by atoms with Crippen molar-refractivity contribution in [2.75, 3.05) is 11.9 Å². The van der Waals surface area contributed by atoms with Crippen molar-refractivity contribution in [1.82, 2.24) is 0 Å². The first-order valence-electron chi connectivity index (χ1n) is 4.99. The second-order valence-corrected chi connectivity index (χ2v) is 4.03. The summed E-state index contributed by atoms with van der Waals surface area (Å²) in [4.78, 5) is 10.2. The van der Waals surface area contributed by atoms with Gasteiger partial charge in [0.25, 0.3) is 5.69 Å². The highest BCUT2D eigenvalue weighted by molar-refractivity contribution is 5.53. The van der Waals surface area contributed by atoms with E-state index in [0.717, 1.165) is 12.2 Å². The smallest absolute Gasteiger partial charge is 0.272 e. The molecule has 4 heteroatoms. The third-order valence-electron chi connectivity index (χ3n) is 2.11. The second kappa shape index (κ2) is 4.77. The number of anilines is 1. The summed E-state index contributed by atoms with van der Waals surface area (Å²) in [5.41, 5.74) is 1.80. The third-order valence-corrected chi connectivity index (χ3v) is 2.11. The molecular weight excluding hydrogens is 192 g/mol. The third kappa shape index (κ3) is 3.23. The van der Waals surface area contributed by atoms with Gasteiger partial charge in [-0.1, -0.05) is 13.8 Å². The Morgan fingerprint density at radius 1 is 1.47 bits per heavy atom. The quantitative estimate of drug-likeness (QED) is 0.611. The number of rotatable bonds is 4. The lowest BCUT2D eigenvalue weighted by Gasteiger charge is -2.09. The molecule has 82 valence electrons. The average Bonchev–Trinajstić information content (AvgIpc) is 2.14. The molecule has 0 aromatic heterocycles. The van der Waals surface area contributed by atoms with Crippen LogP contribution < -0.4 is 5.32 Å². The fourth-order valence-corrected chi connectivity index (χ4v) is 1.29. The molecule has 0 aliphatic rings. The summed E-state index contributed by atoms with van der Waals surface area (Å²) in [5.74, 6) is 0.556. The van der Waals surface area contributed by atoms with Gasteiger partial charge in [0.2, 0.25) is 0 Å². The Labute approximate surface area is 89.5 Å². The van der Waals surface area contributed by atoms with E-state index in [0.29, 0.717) is 11.5 Å². The highest BCUT2D eigenvalue weighted by Crippen LogP contribution is 2.21. The average molecular weight is 208 g/mol. The van der Waals surface area contributed by atoms with E-state index in [2.05, 4.69) is 19.2 Å². The number of hydrogen-bond acceptors (Lipinski definition) is 3. The van der Waals surface area contributed by atoms with Crippen molar-refractivity contribution in [2.45, 2.75) is 20.8 Å². The van der Waals surface area contributed by atoms with Crippen molar-refractivity contribution in [1.29, 1.82) is 0 Å². The first kappa shape index (κ1) is 11.5. The van der Waals surface area contributed by atoms with Crippen LogP contribution in [0.4, 0.5) is 11.4 Å². The van der Waals surface area contributed by atoms with Gasteiger partial charge in [0.1, 0.15) is 0 Å². The molecule has 0 amide bonds. The summed E-state index contributed by atoms with van der Waals surface area (Å²) >= 11 is 0. The maximum Gasteiger partial charge on any atom is 0.272 e. The highest BCUT2D eigenvalue weighted by Gasteiger charge is 2.09. The lowest BCUT2D eigenvalue weighted by Crippen LogP contribution is -2.08. The van der Waals surface area contributed by atoms with Crippen LogP contribution in [0.15, 0.2) is 18.2 Å². The predicted molar refractivity (Wildman–Crippen MR) is 61.2 cm³/mol. The maximum absolute atomic E-state index is 10.6. The minimum atomic E-state index is -0.360. The minimum Gasteiger partial charge on any atom is -0.385 e. The fraction of sp³-hybridized carbons (Fsp3) is 0.455. The van der Waals surface area contributed by atoms with Crippen LogP contribution in [-0.4, -0.2) is 11.5 Å². The van der Waals surface area contributed by atoms with Crippen LogP contribution in [0.1, 0.15) is 19.4 Å². The lowest BCUT2D eigenvalue weighted by atomic mass is 10.1. The molecule has 0 aliphatic heterocycles. The molecule has 1 aromatic rings. The lowest BCUT2D eigenvalue weighted by molar-refractivity contribution is -0.385. The molecule has 1 rings (SSSR count). The van der Waals surface area contributed by atoms with Crippen molar-refractivity contribution in [3.05, 3.63) is 33.9 Å². The molecule has 0 heterocycles. The van der Waals surface area contributed by atoms with Crippen molar-refractivity contribution in [2.24, 2.45) is 5.92 Å². The summed E-state index contributed by atoms with van der Waals surface area (Å²) in [6, 6.07) is 5.09. The van der Waals surface area contributed by atoms with Crippen LogP contribution in [0, 0.1) is 23.0 Å². The number of aryl methyl sites for hydroxylation is 1. The van der Waals surface area contributed by atoms with E-state index in [1.807, 2.05) is 0 Å². The van der Waals surface area contributed by atoms with Gasteiger partial charge in [0.05, 0.1) is 4.92 Å². The molecular formula is C11H16N2O2. The Balaban J connectivity index is 2.78. The molecule has 0 saturated carbocycles. The first-order valence-corrected chi connectivity index (χ1v) is 4.99. The minimum absolute atomic E-state index is 0.171. The molecule has 0 radical (unpaired) electrons. The zero-order valence-corrected chi connectivity index (χ0v) is 9.28. The number of nitro benzene ring substituents is 1. The van der Waals surface area contributed by atoms with Gasteiger partial charge >= 0.3 is 0 Å². The van der Waals surface area contributed by atoms with Gasteiger partial charge in [-0.25, -0.2) is 0 Å². The van der Waals surface area contributed by atoms with Crippen LogP contribution in [0.3, 0.4) is 0 Å². The Morgan fingerprint density at radius 2 is 2.13 bits per heavy atom. The predicted octanol–water partition coefficient (Wildman–Crippen LogP) is 2.97. The van der Waals surface area contributed by atoms with Crippen LogP contribution >= 0.6 is 0 Å². The van der Waals surface area contributed by atoms with Gasteiger partial charge in [-0.05, 0) is 25.0 Å². The monoisotopic (exact) mass is 208 g/mol. The van der Waals surface area contributed by atoms with E-state index in [9.17, 15) is 10.1 Å². The van der Waals surface area contributed by atoms with E-state index in [-0.39, 0.29) is 10.6 Å². The molecule has 4 nitrogen and oxygen atoms in total. The van der Waals surface area contributed by atoms with Gasteiger partial charge in [-0.2, -0.15) is 0 Å². The molecule has 1 aromatic carbocycles. The van der Waals surface area contributed by atoms with E-state index >= 15 is 0 Å². The SMILES string of the molecule is Cc1cc(NCC(C)C)ccc1[N+](=O)[O-]. The Kier molecular flexibility index (Phi) is 3.66. The Bertz CT molecular complexity index is 362. The standard InChI is InChI=1S/C11H16N2O2/c1-8(2)7-12-10-4-5-11(13(14)15)9(3)6-10/h4-6,8,12H,7H2,1-3H3. The summed E-state index contributed by atoms with van der Waals surface area (Å²) in [7, 11) is 0. The van der Waals surface area contributed by atoms with E-state index in [4.69, 9.17) is 0 Å². The van der Waals surface area contributed by atoms with Crippen molar-refractivity contribution in [3.8, 4) is 0 Å². The van der Waals surface area contributed by atoms with Crippen molar-refractivity contribution in [3.63, 3.8) is 0 Å². The number of nitrogens with zero attached hydrogens (tertiary/aromatic N) is 1. The molecule has 0 atom stereocenters. The zero-order chi connectivity index (χ0) is 11.4. The highest BCUT2D eigenvalue weighted by atomic mass is 16.6. The van der Waals surface area contributed by atoms with Crippen LogP contribution in [-0.2, 0) is 0 Å². The summed E-state index contributed by atoms with van der Waals surface area (Å²) in [6.07, 6.45) is 0. The van der Waals surface area contributed by atoms with E-state index < -0.39 is 0 Å². The van der Waals surface area contributed by atoms with Crippen LogP contribution in [0.2, 0.25) is 0 Å². The van der Waals surface area contributed by atoms with Crippen molar-refractivity contribution < 1.29 is 4.92 Å². The molecule has 0 spiro atoms. The molecule has 1 N–H and O–H groups in total. The zero-order valence-electron chi connectivity index (χ0n) is 9.28. The largest absolute Gasteiger partial charge is 0.385 e.